The molecular formula is C22H20BrN3O3. The van der Waals surface area contributed by atoms with Gasteiger partial charge in [0.05, 0.1) is 18.9 Å². The number of hydrazone groups is 1. The van der Waals surface area contributed by atoms with Crippen molar-refractivity contribution in [3.8, 4) is 5.69 Å². The molecule has 148 valence electrons. The second kappa shape index (κ2) is 8.87. The molecule has 0 bridgehead atoms. The third-order valence-corrected chi connectivity index (χ3v) is 4.97. The Balaban J connectivity index is 1.78. The van der Waals surface area contributed by atoms with Crippen molar-refractivity contribution in [2.45, 2.75) is 13.8 Å². The molecular weight excluding hydrogens is 434 g/mol. The van der Waals surface area contributed by atoms with Crippen molar-refractivity contribution in [2.75, 3.05) is 7.11 Å². The first-order valence-electron chi connectivity index (χ1n) is 8.87. The summed E-state index contributed by atoms with van der Waals surface area (Å²) in [6, 6.07) is 16.3. The number of nitrogens with one attached hydrogen (secondary N) is 1. The van der Waals surface area contributed by atoms with E-state index in [9.17, 15) is 9.59 Å². The number of aryl methyl sites for hydroxylation is 1. The molecule has 6 nitrogen and oxygen atoms in total. The van der Waals surface area contributed by atoms with Gasteiger partial charge in [0.15, 0.2) is 0 Å². The van der Waals surface area contributed by atoms with Crippen LogP contribution in [0.5, 0.6) is 0 Å². The number of ether oxygens (including phenoxy) is 1. The molecule has 1 aromatic heterocycles. The summed E-state index contributed by atoms with van der Waals surface area (Å²) >= 11 is 3.35. The zero-order valence-corrected chi connectivity index (χ0v) is 17.9. The second-order valence-electron chi connectivity index (χ2n) is 6.41. The van der Waals surface area contributed by atoms with Gasteiger partial charge in [0.2, 0.25) is 0 Å². The Hall–Kier alpha value is -3.19. The summed E-state index contributed by atoms with van der Waals surface area (Å²) in [7, 11) is 1.36. The number of benzene rings is 2. The fourth-order valence-electron chi connectivity index (χ4n) is 3.03. The van der Waals surface area contributed by atoms with Crippen LogP contribution in [0, 0.1) is 13.8 Å². The summed E-state index contributed by atoms with van der Waals surface area (Å²) in [5, 5.41) is 4.09. The van der Waals surface area contributed by atoms with E-state index in [1.165, 1.54) is 7.11 Å². The highest BCUT2D eigenvalue weighted by Crippen LogP contribution is 2.20. The summed E-state index contributed by atoms with van der Waals surface area (Å²) in [5.41, 5.74) is 7.34. The molecule has 7 heteroatoms. The largest absolute Gasteiger partial charge is 0.465 e. The molecule has 0 radical (unpaired) electrons. The fourth-order valence-corrected chi connectivity index (χ4v) is 3.43. The number of nitrogens with zero attached hydrogens (tertiary/aromatic N) is 2. The molecule has 0 saturated heterocycles. The number of hydrogen-bond donors (Lipinski definition) is 1. The van der Waals surface area contributed by atoms with Crippen LogP contribution in [0.2, 0.25) is 0 Å². The van der Waals surface area contributed by atoms with E-state index < -0.39 is 0 Å². The summed E-state index contributed by atoms with van der Waals surface area (Å²) in [4.78, 5) is 23.8. The normalized spacial score (nSPS) is 10.9. The number of methoxy groups -OCH3 is 1. The minimum Gasteiger partial charge on any atom is -0.465 e. The summed E-state index contributed by atoms with van der Waals surface area (Å²) in [6.07, 6.45) is 1.62. The van der Waals surface area contributed by atoms with E-state index in [1.807, 2.05) is 38.1 Å². The first kappa shape index (κ1) is 20.5. The van der Waals surface area contributed by atoms with E-state index >= 15 is 0 Å². The monoisotopic (exact) mass is 453 g/mol. The Kier molecular flexibility index (Phi) is 6.29. The van der Waals surface area contributed by atoms with Crippen LogP contribution in [0.15, 0.2) is 64.2 Å². The Bertz CT molecular complexity index is 1090. The average molecular weight is 454 g/mol. The Morgan fingerprint density at radius 1 is 1.07 bits per heavy atom. The molecule has 0 aliphatic rings. The highest BCUT2D eigenvalue weighted by molar-refractivity contribution is 9.10. The number of rotatable bonds is 5. The SMILES string of the molecule is COC(=O)c1ccc(-n2c(C)cc(/C=N\NC(=O)c3cccc(Br)c3)c2C)cc1. The molecule has 1 amide bonds. The third kappa shape index (κ3) is 4.63. The van der Waals surface area contributed by atoms with Crippen molar-refractivity contribution in [3.63, 3.8) is 0 Å². The van der Waals surface area contributed by atoms with Crippen molar-refractivity contribution in [1.82, 2.24) is 9.99 Å². The predicted molar refractivity (Wildman–Crippen MR) is 116 cm³/mol. The Morgan fingerprint density at radius 2 is 1.79 bits per heavy atom. The maximum atomic E-state index is 12.2. The van der Waals surface area contributed by atoms with Crippen LogP contribution in [0.4, 0.5) is 0 Å². The van der Waals surface area contributed by atoms with Gasteiger partial charge in [0, 0.05) is 32.7 Å². The first-order valence-corrected chi connectivity index (χ1v) is 9.66. The van der Waals surface area contributed by atoms with E-state index in [-0.39, 0.29) is 11.9 Å². The molecule has 29 heavy (non-hydrogen) atoms. The van der Waals surface area contributed by atoms with Crippen LogP contribution in [0.3, 0.4) is 0 Å². The summed E-state index contributed by atoms with van der Waals surface area (Å²) < 4.78 is 7.62. The lowest BCUT2D eigenvalue weighted by Crippen LogP contribution is -2.17. The Morgan fingerprint density at radius 3 is 2.45 bits per heavy atom. The zero-order chi connectivity index (χ0) is 21.0. The van der Waals surface area contributed by atoms with E-state index in [2.05, 4.69) is 31.0 Å². The minimum atomic E-state index is -0.369. The van der Waals surface area contributed by atoms with E-state index in [1.54, 1.807) is 36.5 Å². The molecule has 2 aromatic carbocycles. The van der Waals surface area contributed by atoms with Crippen LogP contribution in [0.1, 0.15) is 37.7 Å². The molecule has 0 aliphatic carbocycles. The zero-order valence-electron chi connectivity index (χ0n) is 16.3. The molecule has 0 unspecified atom stereocenters. The van der Waals surface area contributed by atoms with Gasteiger partial charge in [-0.05, 0) is 62.4 Å². The van der Waals surface area contributed by atoms with Gasteiger partial charge in [-0.25, -0.2) is 10.2 Å². The van der Waals surface area contributed by atoms with Gasteiger partial charge in [0.1, 0.15) is 0 Å². The van der Waals surface area contributed by atoms with Gasteiger partial charge >= 0.3 is 5.97 Å². The second-order valence-corrected chi connectivity index (χ2v) is 7.33. The molecule has 0 spiro atoms. The molecule has 1 heterocycles. The molecule has 0 saturated carbocycles. The number of hydrogen-bond acceptors (Lipinski definition) is 4. The van der Waals surface area contributed by atoms with Crippen molar-refractivity contribution < 1.29 is 14.3 Å². The Labute approximate surface area is 177 Å². The van der Waals surface area contributed by atoms with E-state index in [0.29, 0.717) is 11.1 Å². The molecule has 1 N–H and O–H groups in total. The maximum absolute atomic E-state index is 12.2. The minimum absolute atomic E-state index is 0.283. The van der Waals surface area contributed by atoms with Crippen LogP contribution >= 0.6 is 15.9 Å². The van der Waals surface area contributed by atoms with Crippen LogP contribution < -0.4 is 5.43 Å². The highest BCUT2D eigenvalue weighted by atomic mass is 79.9. The summed E-state index contributed by atoms with van der Waals surface area (Å²) in [5.74, 6) is -0.652. The number of halogens is 1. The predicted octanol–water partition coefficient (Wildman–Crippen LogP) is 4.41. The topological polar surface area (TPSA) is 72.7 Å². The van der Waals surface area contributed by atoms with Gasteiger partial charge in [-0.3, -0.25) is 4.79 Å². The van der Waals surface area contributed by atoms with Gasteiger partial charge in [-0.2, -0.15) is 5.10 Å². The van der Waals surface area contributed by atoms with Crippen molar-refractivity contribution in [3.05, 3.63) is 87.1 Å². The first-order chi connectivity index (χ1) is 13.9. The average Bonchev–Trinajstić information content (AvgIpc) is 3.00. The van der Waals surface area contributed by atoms with E-state index in [4.69, 9.17) is 4.74 Å². The number of aromatic nitrogens is 1. The van der Waals surface area contributed by atoms with Crippen LogP contribution in [0.25, 0.3) is 5.69 Å². The van der Waals surface area contributed by atoms with E-state index in [0.717, 1.165) is 27.1 Å². The van der Waals surface area contributed by atoms with Crippen LogP contribution in [-0.4, -0.2) is 29.8 Å². The summed E-state index contributed by atoms with van der Waals surface area (Å²) in [6.45, 7) is 3.96. The highest BCUT2D eigenvalue weighted by Gasteiger charge is 2.11. The fraction of sp³-hybridized carbons (Fsp3) is 0.136. The number of amides is 1. The standard InChI is InChI=1S/C22H20BrN3O3/c1-14-11-18(13-24-25-21(27)17-5-4-6-19(23)12-17)15(2)26(14)20-9-7-16(8-10-20)22(28)29-3/h4-13H,1-3H3,(H,25,27)/b24-13-. The maximum Gasteiger partial charge on any atom is 0.337 e. The molecule has 0 atom stereocenters. The molecule has 0 fully saturated rings. The van der Waals surface area contributed by atoms with Crippen molar-refractivity contribution >= 4 is 34.0 Å². The smallest absolute Gasteiger partial charge is 0.337 e. The lowest BCUT2D eigenvalue weighted by atomic mass is 10.2. The lowest BCUT2D eigenvalue weighted by Gasteiger charge is -2.10. The number of carbonyl (C=O) groups excluding carboxylic acids is 2. The van der Waals surface area contributed by atoms with Crippen molar-refractivity contribution in [2.24, 2.45) is 5.10 Å². The van der Waals surface area contributed by atoms with Gasteiger partial charge in [-0.1, -0.05) is 22.0 Å². The molecule has 3 aromatic rings. The lowest BCUT2D eigenvalue weighted by molar-refractivity contribution is 0.0600. The quantitative estimate of drug-likeness (QED) is 0.353. The molecule has 0 aliphatic heterocycles. The number of carbonyl (C=O) groups is 2. The van der Waals surface area contributed by atoms with Gasteiger partial charge < -0.3 is 9.30 Å². The third-order valence-electron chi connectivity index (χ3n) is 4.47. The molecule has 3 rings (SSSR count). The van der Waals surface area contributed by atoms with Gasteiger partial charge in [-0.15, -0.1) is 0 Å². The number of esters is 1. The van der Waals surface area contributed by atoms with Gasteiger partial charge in [0.25, 0.3) is 5.91 Å². The van der Waals surface area contributed by atoms with Crippen molar-refractivity contribution in [1.29, 1.82) is 0 Å². The van der Waals surface area contributed by atoms with Crippen LogP contribution in [-0.2, 0) is 4.74 Å².